The quantitative estimate of drug-likeness (QED) is 0.644. The van der Waals surface area contributed by atoms with E-state index in [0.29, 0.717) is 5.84 Å². The number of hydrogen-bond acceptors (Lipinski definition) is 1. The molecule has 0 saturated heterocycles. The van der Waals surface area contributed by atoms with E-state index in [1.54, 1.807) is 0 Å². The molecule has 1 N–H and O–H groups in total. The molecule has 2 aromatic rings. The van der Waals surface area contributed by atoms with Crippen molar-refractivity contribution in [1.29, 1.82) is 5.41 Å². The van der Waals surface area contributed by atoms with Gasteiger partial charge in [0.2, 0.25) is 0 Å². The van der Waals surface area contributed by atoms with Crippen molar-refractivity contribution in [3.63, 3.8) is 0 Å². The minimum atomic E-state index is 0.00222. The molecule has 0 aliphatic heterocycles. The first-order chi connectivity index (χ1) is 8.70. The Kier molecular flexibility index (Phi) is 3.78. The van der Waals surface area contributed by atoms with Crippen molar-refractivity contribution in [2.75, 3.05) is 14.1 Å². The van der Waals surface area contributed by atoms with Crippen LogP contribution in [0.3, 0.4) is 0 Å². The molecule has 2 rings (SSSR count). The zero-order valence-electron chi connectivity index (χ0n) is 10.8. The van der Waals surface area contributed by atoms with E-state index in [-0.39, 0.29) is 5.92 Å². The van der Waals surface area contributed by atoms with Crippen LogP contribution in [0.5, 0.6) is 0 Å². The van der Waals surface area contributed by atoms with Crippen LogP contribution >= 0.6 is 0 Å². The number of rotatable bonds is 3. The smallest absolute Gasteiger partial charge is 0.107 e. The van der Waals surface area contributed by atoms with E-state index < -0.39 is 0 Å². The first kappa shape index (κ1) is 12.4. The zero-order valence-corrected chi connectivity index (χ0v) is 10.8. The minimum Gasteiger partial charge on any atom is -0.366 e. The van der Waals surface area contributed by atoms with Gasteiger partial charge in [-0.25, -0.2) is 0 Å². The van der Waals surface area contributed by atoms with Gasteiger partial charge in [0, 0.05) is 14.1 Å². The molecule has 92 valence electrons. The van der Waals surface area contributed by atoms with Crippen molar-refractivity contribution in [3.8, 4) is 0 Å². The lowest BCUT2D eigenvalue weighted by atomic mass is 9.90. The molecule has 0 amide bonds. The summed E-state index contributed by atoms with van der Waals surface area (Å²) in [6, 6.07) is 20.4. The summed E-state index contributed by atoms with van der Waals surface area (Å²) in [6.45, 7) is 0. The van der Waals surface area contributed by atoms with E-state index in [1.165, 1.54) is 0 Å². The lowest BCUT2D eigenvalue weighted by Crippen LogP contribution is -2.28. The van der Waals surface area contributed by atoms with Crippen LogP contribution in [-0.2, 0) is 0 Å². The van der Waals surface area contributed by atoms with Crippen LogP contribution in [0.15, 0.2) is 60.7 Å². The second-order valence-corrected chi connectivity index (χ2v) is 4.53. The van der Waals surface area contributed by atoms with E-state index in [2.05, 4.69) is 24.3 Å². The van der Waals surface area contributed by atoms with E-state index in [4.69, 9.17) is 5.41 Å². The molecule has 0 aliphatic carbocycles. The van der Waals surface area contributed by atoms with Crippen LogP contribution in [-0.4, -0.2) is 24.8 Å². The standard InChI is InChI=1S/C16H18N2/c1-18(2)16(17)15(13-9-5-3-6-10-13)14-11-7-4-8-12-14/h3-12,15,17H,1-2H3. The average molecular weight is 238 g/mol. The molecule has 2 heteroatoms. The lowest BCUT2D eigenvalue weighted by Gasteiger charge is -2.24. The molecule has 0 saturated carbocycles. The van der Waals surface area contributed by atoms with Gasteiger partial charge in [-0.1, -0.05) is 60.7 Å². The van der Waals surface area contributed by atoms with Crippen molar-refractivity contribution in [2.24, 2.45) is 0 Å². The lowest BCUT2D eigenvalue weighted by molar-refractivity contribution is 0.593. The summed E-state index contributed by atoms with van der Waals surface area (Å²) in [5.74, 6) is 0.606. The third kappa shape index (κ3) is 2.59. The fourth-order valence-electron chi connectivity index (χ4n) is 2.06. The highest BCUT2D eigenvalue weighted by Crippen LogP contribution is 2.26. The molecule has 2 nitrogen and oxygen atoms in total. The summed E-state index contributed by atoms with van der Waals surface area (Å²) < 4.78 is 0. The molecular formula is C16H18N2. The van der Waals surface area contributed by atoms with Crippen molar-refractivity contribution < 1.29 is 0 Å². The van der Waals surface area contributed by atoms with Crippen molar-refractivity contribution in [1.82, 2.24) is 4.90 Å². The molecule has 18 heavy (non-hydrogen) atoms. The van der Waals surface area contributed by atoms with Crippen LogP contribution in [0.1, 0.15) is 17.0 Å². The maximum atomic E-state index is 8.30. The second-order valence-electron chi connectivity index (χ2n) is 4.53. The van der Waals surface area contributed by atoms with Gasteiger partial charge in [0.15, 0.2) is 0 Å². The highest BCUT2D eigenvalue weighted by atomic mass is 15.1. The van der Waals surface area contributed by atoms with Crippen LogP contribution in [0.25, 0.3) is 0 Å². The fourth-order valence-corrected chi connectivity index (χ4v) is 2.06. The van der Waals surface area contributed by atoms with Gasteiger partial charge in [0.25, 0.3) is 0 Å². The zero-order chi connectivity index (χ0) is 13.0. The molecule has 0 aliphatic rings. The summed E-state index contributed by atoms with van der Waals surface area (Å²) in [5, 5.41) is 8.30. The number of likely N-dealkylation sites (N-methyl/N-ethyl adjacent to an activating group) is 1. The molecule has 0 aromatic heterocycles. The molecule has 0 fully saturated rings. The van der Waals surface area contributed by atoms with Gasteiger partial charge in [-0.3, -0.25) is 5.41 Å². The first-order valence-electron chi connectivity index (χ1n) is 6.06. The summed E-state index contributed by atoms with van der Waals surface area (Å²) in [4.78, 5) is 1.87. The first-order valence-corrected chi connectivity index (χ1v) is 6.06. The monoisotopic (exact) mass is 238 g/mol. The Labute approximate surface area is 108 Å². The Balaban J connectivity index is 2.45. The molecule has 0 bridgehead atoms. The van der Waals surface area contributed by atoms with Gasteiger partial charge in [-0.05, 0) is 11.1 Å². The highest BCUT2D eigenvalue weighted by molar-refractivity contribution is 5.89. The maximum Gasteiger partial charge on any atom is 0.107 e. The molecule has 0 spiro atoms. The van der Waals surface area contributed by atoms with Gasteiger partial charge in [0.1, 0.15) is 5.84 Å². The SMILES string of the molecule is CN(C)C(=N)C(c1ccccc1)c1ccccc1. The van der Waals surface area contributed by atoms with Crippen LogP contribution in [0, 0.1) is 5.41 Å². The molecular weight excluding hydrogens is 220 g/mol. The third-order valence-corrected chi connectivity index (χ3v) is 3.02. The number of hydrogen-bond donors (Lipinski definition) is 1. The average Bonchev–Trinajstić information content (AvgIpc) is 2.41. The Hall–Kier alpha value is -2.09. The number of amidine groups is 1. The largest absolute Gasteiger partial charge is 0.366 e. The molecule has 0 unspecified atom stereocenters. The molecule has 0 radical (unpaired) electrons. The van der Waals surface area contributed by atoms with Crippen LogP contribution in [0.4, 0.5) is 0 Å². The normalized spacial score (nSPS) is 10.4. The van der Waals surface area contributed by atoms with Gasteiger partial charge >= 0.3 is 0 Å². The van der Waals surface area contributed by atoms with E-state index in [1.807, 2.05) is 55.4 Å². The topological polar surface area (TPSA) is 27.1 Å². The van der Waals surface area contributed by atoms with Crippen LogP contribution in [0.2, 0.25) is 0 Å². The van der Waals surface area contributed by atoms with Gasteiger partial charge in [0.05, 0.1) is 5.92 Å². The van der Waals surface area contributed by atoms with Crippen LogP contribution < -0.4 is 0 Å². The van der Waals surface area contributed by atoms with Gasteiger partial charge < -0.3 is 4.90 Å². The maximum absolute atomic E-state index is 8.30. The molecule has 2 aromatic carbocycles. The Morgan fingerprint density at radius 3 is 1.56 bits per heavy atom. The van der Waals surface area contributed by atoms with E-state index in [0.717, 1.165) is 11.1 Å². The van der Waals surface area contributed by atoms with Crippen molar-refractivity contribution >= 4 is 5.84 Å². The Morgan fingerprint density at radius 1 is 0.833 bits per heavy atom. The van der Waals surface area contributed by atoms with Crippen molar-refractivity contribution in [3.05, 3.63) is 71.8 Å². The predicted octanol–water partition coefficient (Wildman–Crippen LogP) is 3.36. The molecule has 0 atom stereocenters. The highest BCUT2D eigenvalue weighted by Gasteiger charge is 2.20. The van der Waals surface area contributed by atoms with Gasteiger partial charge in [-0.15, -0.1) is 0 Å². The Morgan fingerprint density at radius 2 is 1.22 bits per heavy atom. The third-order valence-electron chi connectivity index (χ3n) is 3.02. The number of benzene rings is 2. The summed E-state index contributed by atoms with van der Waals surface area (Å²) in [5.41, 5.74) is 2.31. The minimum absolute atomic E-state index is 0.00222. The fraction of sp³-hybridized carbons (Fsp3) is 0.188. The Bertz CT molecular complexity index is 464. The summed E-state index contributed by atoms with van der Waals surface area (Å²) in [7, 11) is 3.84. The van der Waals surface area contributed by atoms with Gasteiger partial charge in [-0.2, -0.15) is 0 Å². The second kappa shape index (κ2) is 5.50. The predicted molar refractivity (Wildman–Crippen MR) is 76.1 cm³/mol. The van der Waals surface area contributed by atoms with Crippen molar-refractivity contribution in [2.45, 2.75) is 5.92 Å². The number of nitrogens with one attached hydrogen (secondary N) is 1. The van der Waals surface area contributed by atoms with E-state index in [9.17, 15) is 0 Å². The molecule has 0 heterocycles. The number of nitrogens with zero attached hydrogens (tertiary/aromatic N) is 1. The summed E-state index contributed by atoms with van der Waals surface area (Å²) >= 11 is 0. The summed E-state index contributed by atoms with van der Waals surface area (Å²) in [6.07, 6.45) is 0. The van der Waals surface area contributed by atoms with E-state index >= 15 is 0 Å².